The Morgan fingerprint density at radius 1 is 0.833 bits per heavy atom. The molecule has 148 valence electrons. The van der Waals surface area contributed by atoms with E-state index in [-0.39, 0.29) is 27.9 Å². The number of carbonyl (C=O) groups is 4. The van der Waals surface area contributed by atoms with E-state index in [1.807, 2.05) is 6.07 Å². The quantitative estimate of drug-likeness (QED) is 0.678. The molecule has 0 saturated carbocycles. The largest absolute Gasteiger partial charge is 0.545 e. The van der Waals surface area contributed by atoms with Crippen molar-refractivity contribution in [3.63, 3.8) is 0 Å². The van der Waals surface area contributed by atoms with E-state index in [0.29, 0.717) is 5.69 Å². The van der Waals surface area contributed by atoms with Crippen molar-refractivity contribution in [3.8, 4) is 0 Å². The van der Waals surface area contributed by atoms with Crippen molar-refractivity contribution in [2.75, 3.05) is 10.2 Å². The van der Waals surface area contributed by atoms with Crippen LogP contribution in [0.5, 0.6) is 0 Å². The second kappa shape index (κ2) is 7.29. The number of nitrogens with zero attached hydrogens (tertiary/aromatic N) is 1. The van der Waals surface area contributed by atoms with Crippen LogP contribution in [-0.4, -0.2) is 23.7 Å². The van der Waals surface area contributed by atoms with Crippen LogP contribution in [0.3, 0.4) is 0 Å². The molecule has 0 aliphatic carbocycles. The first-order valence-corrected chi connectivity index (χ1v) is 9.08. The maximum absolute atomic E-state index is 12.9. The minimum absolute atomic E-state index is 0.0728. The van der Waals surface area contributed by atoms with Crippen LogP contribution in [-0.2, 0) is 0 Å². The van der Waals surface area contributed by atoms with Crippen LogP contribution in [0.2, 0.25) is 0 Å². The number of hydrogen-bond acceptors (Lipinski definition) is 5. The van der Waals surface area contributed by atoms with Crippen molar-refractivity contribution in [1.82, 2.24) is 0 Å². The van der Waals surface area contributed by atoms with Gasteiger partial charge in [0.15, 0.2) is 0 Å². The molecular formula is C23H15N2O5-. The van der Waals surface area contributed by atoms with Gasteiger partial charge in [-0.15, -0.1) is 0 Å². The SMILES string of the molecule is Cc1ccccc1N1C(=O)c2ccc(C(=O)Nc3cccc(C(=O)[O-])c3)cc2C1=O. The third-order valence-electron chi connectivity index (χ3n) is 4.86. The predicted octanol–water partition coefficient (Wildman–Crippen LogP) is 2.41. The first kappa shape index (κ1) is 19.1. The fourth-order valence-corrected chi connectivity index (χ4v) is 3.34. The lowest BCUT2D eigenvalue weighted by Gasteiger charge is -2.16. The van der Waals surface area contributed by atoms with Crippen LogP contribution in [0, 0.1) is 6.92 Å². The number of carboxylic acids is 1. The number of hydrogen-bond donors (Lipinski definition) is 1. The normalized spacial score (nSPS) is 12.6. The monoisotopic (exact) mass is 399 g/mol. The van der Waals surface area contributed by atoms with Gasteiger partial charge in [0.2, 0.25) is 0 Å². The highest BCUT2D eigenvalue weighted by molar-refractivity contribution is 6.35. The zero-order valence-corrected chi connectivity index (χ0v) is 15.8. The van der Waals surface area contributed by atoms with E-state index in [1.165, 1.54) is 42.5 Å². The molecule has 1 aliphatic heterocycles. The molecule has 1 N–H and O–H groups in total. The Bertz CT molecular complexity index is 1230. The molecule has 0 unspecified atom stereocenters. The van der Waals surface area contributed by atoms with Crippen LogP contribution in [0.15, 0.2) is 66.7 Å². The molecule has 0 radical (unpaired) electrons. The van der Waals surface area contributed by atoms with Gasteiger partial charge in [-0.05, 0) is 54.4 Å². The summed E-state index contributed by atoms with van der Waals surface area (Å²) in [5, 5.41) is 13.6. The van der Waals surface area contributed by atoms with Crippen molar-refractivity contribution in [2.24, 2.45) is 0 Å². The van der Waals surface area contributed by atoms with Gasteiger partial charge in [-0.2, -0.15) is 0 Å². The molecule has 0 bridgehead atoms. The Balaban J connectivity index is 1.63. The van der Waals surface area contributed by atoms with Crippen LogP contribution >= 0.6 is 0 Å². The van der Waals surface area contributed by atoms with Crippen LogP contribution in [0.25, 0.3) is 0 Å². The summed E-state index contributed by atoms with van der Waals surface area (Å²) in [6.45, 7) is 1.80. The first-order chi connectivity index (χ1) is 14.4. The number of nitrogens with one attached hydrogen (secondary N) is 1. The van der Waals surface area contributed by atoms with Crippen LogP contribution in [0.1, 0.15) is 47.0 Å². The summed E-state index contributed by atoms with van der Waals surface area (Å²) in [7, 11) is 0. The summed E-state index contributed by atoms with van der Waals surface area (Å²) < 4.78 is 0. The fraction of sp³-hybridized carbons (Fsp3) is 0.0435. The molecule has 0 spiro atoms. The number of rotatable bonds is 4. The zero-order chi connectivity index (χ0) is 21.4. The number of benzene rings is 3. The lowest BCUT2D eigenvalue weighted by Crippen LogP contribution is -2.29. The first-order valence-electron chi connectivity index (χ1n) is 9.08. The second-order valence-electron chi connectivity index (χ2n) is 6.81. The average molecular weight is 399 g/mol. The number of para-hydroxylation sites is 1. The summed E-state index contributed by atoms with van der Waals surface area (Å²) in [6.07, 6.45) is 0. The Morgan fingerprint density at radius 2 is 1.57 bits per heavy atom. The Labute approximate surface area is 171 Å². The van der Waals surface area contributed by atoms with Crippen LogP contribution in [0.4, 0.5) is 11.4 Å². The van der Waals surface area contributed by atoms with E-state index in [1.54, 1.807) is 25.1 Å². The second-order valence-corrected chi connectivity index (χ2v) is 6.81. The van der Waals surface area contributed by atoms with E-state index in [9.17, 15) is 24.3 Å². The highest BCUT2D eigenvalue weighted by atomic mass is 16.4. The Hall–Kier alpha value is -4.26. The number of amides is 3. The van der Waals surface area contributed by atoms with Gasteiger partial charge in [0.25, 0.3) is 17.7 Å². The van der Waals surface area contributed by atoms with E-state index in [0.717, 1.165) is 10.5 Å². The number of carbonyl (C=O) groups excluding carboxylic acids is 4. The molecule has 30 heavy (non-hydrogen) atoms. The lowest BCUT2D eigenvalue weighted by atomic mass is 10.1. The molecular weight excluding hydrogens is 384 g/mol. The predicted molar refractivity (Wildman–Crippen MR) is 107 cm³/mol. The number of fused-ring (bicyclic) bond motifs is 1. The maximum atomic E-state index is 12.9. The average Bonchev–Trinajstić information content (AvgIpc) is 2.98. The van der Waals surface area contributed by atoms with Gasteiger partial charge < -0.3 is 15.2 Å². The molecule has 1 heterocycles. The summed E-state index contributed by atoms with van der Waals surface area (Å²) in [6, 6.07) is 16.9. The molecule has 3 aromatic rings. The van der Waals surface area contributed by atoms with Crippen molar-refractivity contribution in [1.29, 1.82) is 0 Å². The number of carboxylic acid groups (broad SMARTS) is 1. The molecule has 7 nitrogen and oxygen atoms in total. The lowest BCUT2D eigenvalue weighted by molar-refractivity contribution is -0.255. The van der Waals surface area contributed by atoms with E-state index < -0.39 is 23.7 Å². The van der Waals surface area contributed by atoms with Gasteiger partial charge in [-0.1, -0.05) is 30.3 Å². The van der Waals surface area contributed by atoms with Crippen molar-refractivity contribution < 1.29 is 24.3 Å². The van der Waals surface area contributed by atoms with Gasteiger partial charge >= 0.3 is 0 Å². The van der Waals surface area contributed by atoms with Gasteiger partial charge in [0, 0.05) is 11.3 Å². The summed E-state index contributed by atoms with van der Waals surface area (Å²) in [4.78, 5) is 50.4. The molecule has 3 amide bonds. The minimum Gasteiger partial charge on any atom is -0.545 e. The van der Waals surface area contributed by atoms with Crippen LogP contribution < -0.4 is 15.3 Å². The Kier molecular flexibility index (Phi) is 4.63. The molecule has 0 atom stereocenters. The molecule has 0 saturated heterocycles. The van der Waals surface area contributed by atoms with Crippen molar-refractivity contribution >= 4 is 35.1 Å². The van der Waals surface area contributed by atoms with Gasteiger partial charge in [-0.25, -0.2) is 4.90 Å². The zero-order valence-electron chi connectivity index (χ0n) is 15.8. The highest BCUT2D eigenvalue weighted by Gasteiger charge is 2.37. The summed E-state index contributed by atoms with van der Waals surface area (Å²) in [5.41, 5.74) is 1.99. The molecule has 0 fully saturated rings. The smallest absolute Gasteiger partial charge is 0.266 e. The number of aromatic carboxylic acids is 1. The summed E-state index contributed by atoms with van der Waals surface area (Å²) in [5.74, 6) is -2.84. The molecule has 0 aromatic heterocycles. The third kappa shape index (κ3) is 3.22. The van der Waals surface area contributed by atoms with E-state index in [2.05, 4.69) is 5.32 Å². The van der Waals surface area contributed by atoms with Crippen molar-refractivity contribution in [3.05, 3.63) is 94.5 Å². The summed E-state index contributed by atoms with van der Waals surface area (Å²) >= 11 is 0. The third-order valence-corrected chi connectivity index (χ3v) is 4.86. The maximum Gasteiger partial charge on any atom is 0.266 e. The van der Waals surface area contributed by atoms with Crippen molar-refractivity contribution in [2.45, 2.75) is 6.92 Å². The molecule has 7 heteroatoms. The molecule has 3 aromatic carbocycles. The van der Waals surface area contributed by atoms with Gasteiger partial charge in [0.05, 0.1) is 22.8 Å². The molecule has 1 aliphatic rings. The van der Waals surface area contributed by atoms with E-state index in [4.69, 9.17) is 0 Å². The molecule has 4 rings (SSSR count). The van der Waals surface area contributed by atoms with Gasteiger partial charge in [0.1, 0.15) is 0 Å². The fourth-order valence-electron chi connectivity index (χ4n) is 3.34. The Morgan fingerprint density at radius 3 is 2.30 bits per heavy atom. The standard InChI is InChI=1S/C23H16N2O5/c1-13-5-2-3-8-19(13)25-21(27)17-10-9-14(12-18(17)22(25)28)20(26)24-16-7-4-6-15(11-16)23(29)30/h2-12H,1H3,(H,24,26)(H,29,30)/p-1. The number of imide groups is 1. The highest BCUT2D eigenvalue weighted by Crippen LogP contribution is 2.31. The number of anilines is 2. The van der Waals surface area contributed by atoms with E-state index >= 15 is 0 Å². The minimum atomic E-state index is -1.36. The van der Waals surface area contributed by atoms with Gasteiger partial charge in [-0.3, -0.25) is 14.4 Å². The number of aryl methyl sites for hydroxylation is 1. The topological polar surface area (TPSA) is 107 Å².